The molecule has 2 aromatic carbocycles. The van der Waals surface area contributed by atoms with Crippen LogP contribution in [0.1, 0.15) is 20.7 Å². The van der Waals surface area contributed by atoms with E-state index in [0.29, 0.717) is 22.6 Å². The highest BCUT2D eigenvalue weighted by Gasteiger charge is 2.06. The van der Waals surface area contributed by atoms with Gasteiger partial charge < -0.3 is 9.47 Å². The maximum absolute atomic E-state index is 12.1. The summed E-state index contributed by atoms with van der Waals surface area (Å²) in [6.45, 7) is 0. The average Bonchev–Trinajstić information content (AvgIpc) is 2.59. The van der Waals surface area contributed by atoms with Gasteiger partial charge >= 0.3 is 0 Å². The number of hydrogen-bond donors (Lipinski definition) is 0. The van der Waals surface area contributed by atoms with Crippen molar-refractivity contribution in [2.24, 2.45) is 0 Å². The van der Waals surface area contributed by atoms with Crippen LogP contribution in [0, 0.1) is 0 Å². The van der Waals surface area contributed by atoms with Gasteiger partial charge in [0.05, 0.1) is 14.2 Å². The molecule has 4 nitrogen and oxygen atoms in total. The zero-order valence-electron chi connectivity index (χ0n) is 12.4. The Labute approximate surface area is 129 Å². The number of allylic oxidation sites excluding steroid dienone is 2. The van der Waals surface area contributed by atoms with E-state index in [1.165, 1.54) is 26.4 Å². The SMILES string of the molecule is COc1cccc(C(=O)/C=C/C(=O)c2cccc(OC)c2)c1. The number of ether oxygens (including phenoxy) is 2. The molecule has 22 heavy (non-hydrogen) atoms. The minimum atomic E-state index is -0.254. The summed E-state index contributed by atoms with van der Waals surface area (Å²) in [5, 5.41) is 0. The molecule has 0 spiro atoms. The number of hydrogen-bond acceptors (Lipinski definition) is 4. The van der Waals surface area contributed by atoms with Crippen molar-refractivity contribution in [1.82, 2.24) is 0 Å². The van der Waals surface area contributed by atoms with E-state index in [2.05, 4.69) is 0 Å². The molecule has 112 valence electrons. The quantitative estimate of drug-likeness (QED) is 0.606. The molecule has 0 saturated carbocycles. The number of ketones is 2. The van der Waals surface area contributed by atoms with Crippen LogP contribution >= 0.6 is 0 Å². The maximum atomic E-state index is 12.1. The Balaban J connectivity index is 2.12. The zero-order valence-corrected chi connectivity index (χ0v) is 12.4. The van der Waals surface area contributed by atoms with Gasteiger partial charge in [0.15, 0.2) is 11.6 Å². The highest BCUT2D eigenvalue weighted by molar-refractivity contribution is 6.12. The highest BCUT2D eigenvalue weighted by atomic mass is 16.5. The van der Waals surface area contributed by atoms with Crippen LogP contribution in [0.15, 0.2) is 60.7 Å². The van der Waals surface area contributed by atoms with Crippen molar-refractivity contribution in [2.75, 3.05) is 14.2 Å². The van der Waals surface area contributed by atoms with Crippen LogP contribution in [-0.2, 0) is 0 Å². The van der Waals surface area contributed by atoms with Gasteiger partial charge in [0.1, 0.15) is 11.5 Å². The molecule has 0 aliphatic carbocycles. The van der Waals surface area contributed by atoms with E-state index in [9.17, 15) is 9.59 Å². The number of rotatable bonds is 6. The molecule has 0 radical (unpaired) electrons. The number of carbonyl (C=O) groups excluding carboxylic acids is 2. The fourth-order valence-corrected chi connectivity index (χ4v) is 1.90. The predicted molar refractivity (Wildman–Crippen MR) is 83.8 cm³/mol. The number of carbonyl (C=O) groups is 2. The predicted octanol–water partition coefficient (Wildman–Crippen LogP) is 3.33. The third-order valence-electron chi connectivity index (χ3n) is 3.09. The molecule has 0 bridgehead atoms. The van der Waals surface area contributed by atoms with Gasteiger partial charge in [-0.2, -0.15) is 0 Å². The molecular weight excluding hydrogens is 280 g/mol. The first-order valence-electron chi connectivity index (χ1n) is 6.69. The fourth-order valence-electron chi connectivity index (χ4n) is 1.90. The number of benzene rings is 2. The second-order valence-corrected chi connectivity index (χ2v) is 4.53. The molecule has 0 N–H and O–H groups in total. The van der Waals surface area contributed by atoms with Crippen LogP contribution in [0.2, 0.25) is 0 Å². The summed E-state index contributed by atoms with van der Waals surface area (Å²) < 4.78 is 10.1. The minimum absolute atomic E-state index is 0.254. The van der Waals surface area contributed by atoms with Crippen LogP contribution in [-0.4, -0.2) is 25.8 Å². The van der Waals surface area contributed by atoms with E-state index in [1.54, 1.807) is 48.5 Å². The smallest absolute Gasteiger partial charge is 0.186 e. The Morgan fingerprint density at radius 1 is 0.773 bits per heavy atom. The third-order valence-corrected chi connectivity index (χ3v) is 3.09. The molecule has 0 saturated heterocycles. The lowest BCUT2D eigenvalue weighted by Gasteiger charge is -2.02. The Bertz CT molecular complexity index is 655. The summed E-state index contributed by atoms with van der Waals surface area (Å²) in [7, 11) is 3.07. The van der Waals surface area contributed by atoms with E-state index in [-0.39, 0.29) is 11.6 Å². The summed E-state index contributed by atoms with van der Waals surface area (Å²) >= 11 is 0. The van der Waals surface area contributed by atoms with Crippen molar-refractivity contribution in [2.45, 2.75) is 0 Å². The molecule has 0 aliphatic rings. The van der Waals surface area contributed by atoms with E-state index in [4.69, 9.17) is 9.47 Å². The van der Waals surface area contributed by atoms with Crippen LogP contribution in [0.3, 0.4) is 0 Å². The Morgan fingerprint density at radius 3 is 1.55 bits per heavy atom. The topological polar surface area (TPSA) is 52.6 Å². The number of methoxy groups -OCH3 is 2. The molecule has 0 heterocycles. The molecule has 2 rings (SSSR count). The van der Waals surface area contributed by atoms with Gasteiger partial charge in [0, 0.05) is 11.1 Å². The van der Waals surface area contributed by atoms with Crippen LogP contribution in [0.4, 0.5) is 0 Å². The van der Waals surface area contributed by atoms with Gasteiger partial charge in [-0.25, -0.2) is 0 Å². The molecule has 2 aromatic rings. The molecule has 0 atom stereocenters. The van der Waals surface area contributed by atoms with Gasteiger partial charge in [-0.05, 0) is 36.4 Å². The van der Waals surface area contributed by atoms with Gasteiger partial charge in [-0.15, -0.1) is 0 Å². The van der Waals surface area contributed by atoms with E-state index >= 15 is 0 Å². The summed E-state index contributed by atoms with van der Waals surface area (Å²) in [6, 6.07) is 13.6. The average molecular weight is 296 g/mol. The molecular formula is C18H16O4. The lowest BCUT2D eigenvalue weighted by atomic mass is 10.1. The van der Waals surface area contributed by atoms with Crippen LogP contribution in [0.5, 0.6) is 11.5 Å². The van der Waals surface area contributed by atoms with Crippen LogP contribution in [0.25, 0.3) is 0 Å². The molecule has 0 fully saturated rings. The molecule has 0 amide bonds. The lowest BCUT2D eigenvalue weighted by molar-refractivity contribution is 0.102. The van der Waals surface area contributed by atoms with Crippen molar-refractivity contribution in [1.29, 1.82) is 0 Å². The highest BCUT2D eigenvalue weighted by Crippen LogP contribution is 2.15. The molecule has 4 heteroatoms. The fraction of sp³-hybridized carbons (Fsp3) is 0.111. The second kappa shape index (κ2) is 7.22. The molecule has 0 unspecified atom stereocenters. The summed E-state index contributed by atoms with van der Waals surface area (Å²) in [5.74, 6) is 0.682. The first kappa shape index (κ1) is 15.5. The summed E-state index contributed by atoms with van der Waals surface area (Å²) in [5.41, 5.74) is 0.933. The van der Waals surface area contributed by atoms with Crippen LogP contribution < -0.4 is 9.47 Å². The molecule has 0 aromatic heterocycles. The Kier molecular flexibility index (Phi) is 5.09. The maximum Gasteiger partial charge on any atom is 0.186 e. The third kappa shape index (κ3) is 3.82. The minimum Gasteiger partial charge on any atom is -0.497 e. The van der Waals surface area contributed by atoms with Crippen molar-refractivity contribution in [3.05, 3.63) is 71.8 Å². The van der Waals surface area contributed by atoms with Crippen molar-refractivity contribution < 1.29 is 19.1 Å². The molecule has 0 aliphatic heterocycles. The standard InChI is InChI=1S/C18H16O4/c1-21-15-7-3-5-13(11-15)17(19)9-10-18(20)14-6-4-8-16(12-14)22-2/h3-12H,1-2H3/b10-9+. The monoisotopic (exact) mass is 296 g/mol. The van der Waals surface area contributed by atoms with Crippen molar-refractivity contribution >= 4 is 11.6 Å². The Hall–Kier alpha value is -2.88. The summed E-state index contributed by atoms with van der Waals surface area (Å²) in [4.78, 5) is 24.1. The van der Waals surface area contributed by atoms with E-state index in [1.807, 2.05) is 0 Å². The van der Waals surface area contributed by atoms with Gasteiger partial charge in [0.25, 0.3) is 0 Å². The van der Waals surface area contributed by atoms with Crippen molar-refractivity contribution in [3.63, 3.8) is 0 Å². The van der Waals surface area contributed by atoms with Gasteiger partial charge in [0.2, 0.25) is 0 Å². The first-order valence-corrected chi connectivity index (χ1v) is 6.69. The second-order valence-electron chi connectivity index (χ2n) is 4.53. The summed E-state index contributed by atoms with van der Waals surface area (Å²) in [6.07, 6.45) is 2.52. The van der Waals surface area contributed by atoms with E-state index < -0.39 is 0 Å². The largest absolute Gasteiger partial charge is 0.497 e. The normalized spacial score (nSPS) is 10.5. The Morgan fingerprint density at radius 2 is 1.18 bits per heavy atom. The van der Waals surface area contributed by atoms with Crippen molar-refractivity contribution in [3.8, 4) is 11.5 Å². The van der Waals surface area contributed by atoms with Gasteiger partial charge in [-0.3, -0.25) is 9.59 Å². The zero-order chi connectivity index (χ0) is 15.9. The lowest BCUT2D eigenvalue weighted by Crippen LogP contribution is -1.99. The van der Waals surface area contributed by atoms with E-state index in [0.717, 1.165) is 0 Å². The van der Waals surface area contributed by atoms with Gasteiger partial charge in [-0.1, -0.05) is 24.3 Å². The first-order chi connectivity index (χ1) is 10.6.